The minimum absolute atomic E-state index is 0.0916. The van der Waals surface area contributed by atoms with Crippen molar-refractivity contribution in [3.05, 3.63) is 59.9 Å². The van der Waals surface area contributed by atoms with Crippen molar-refractivity contribution in [3.8, 4) is 0 Å². The molecule has 0 saturated carbocycles. The van der Waals surface area contributed by atoms with Crippen LogP contribution in [0.4, 0.5) is 15.8 Å². The summed E-state index contributed by atoms with van der Waals surface area (Å²) in [5.41, 5.74) is 7.14. The molecule has 3 N–H and O–H groups in total. The van der Waals surface area contributed by atoms with E-state index < -0.39 is 5.82 Å². The Morgan fingerprint density at radius 2 is 1.95 bits per heavy atom. The van der Waals surface area contributed by atoms with Crippen molar-refractivity contribution in [1.82, 2.24) is 0 Å². The molecule has 104 valence electrons. The third-order valence-electron chi connectivity index (χ3n) is 2.63. The van der Waals surface area contributed by atoms with Gasteiger partial charge in [0, 0.05) is 0 Å². The number of hydrogen-bond acceptors (Lipinski definition) is 3. The Bertz CT molecular complexity index is 588. The first-order valence-electron chi connectivity index (χ1n) is 6.11. The maximum Gasteiger partial charge on any atom is 0.250 e. The monoisotopic (exact) mass is 274 g/mol. The van der Waals surface area contributed by atoms with E-state index in [1.54, 1.807) is 0 Å². The first-order chi connectivity index (χ1) is 9.65. The van der Waals surface area contributed by atoms with E-state index in [1.165, 1.54) is 12.1 Å². The van der Waals surface area contributed by atoms with Crippen molar-refractivity contribution in [1.29, 1.82) is 0 Å². The van der Waals surface area contributed by atoms with Crippen molar-refractivity contribution >= 4 is 17.3 Å². The van der Waals surface area contributed by atoms with Gasteiger partial charge in [0.15, 0.2) is 0 Å². The van der Waals surface area contributed by atoms with Crippen LogP contribution in [0.1, 0.15) is 5.56 Å². The van der Waals surface area contributed by atoms with Gasteiger partial charge in [-0.1, -0.05) is 30.3 Å². The fourth-order valence-electron chi connectivity index (χ4n) is 1.67. The third-order valence-corrected chi connectivity index (χ3v) is 2.63. The molecule has 20 heavy (non-hydrogen) atoms. The highest BCUT2D eigenvalue weighted by atomic mass is 19.1. The maximum absolute atomic E-state index is 12.9. The van der Waals surface area contributed by atoms with Gasteiger partial charge in [0.05, 0.1) is 18.0 Å². The van der Waals surface area contributed by atoms with Crippen molar-refractivity contribution < 1.29 is 13.9 Å². The largest absolute Gasteiger partial charge is 0.397 e. The summed E-state index contributed by atoms with van der Waals surface area (Å²) < 4.78 is 18.1. The van der Waals surface area contributed by atoms with Gasteiger partial charge in [0.1, 0.15) is 12.4 Å². The van der Waals surface area contributed by atoms with Gasteiger partial charge in [-0.05, 0) is 23.8 Å². The number of halogens is 1. The van der Waals surface area contributed by atoms with E-state index >= 15 is 0 Å². The van der Waals surface area contributed by atoms with E-state index in [0.29, 0.717) is 12.3 Å². The minimum Gasteiger partial charge on any atom is -0.397 e. The summed E-state index contributed by atoms with van der Waals surface area (Å²) in [5.74, 6) is -0.778. The van der Waals surface area contributed by atoms with Crippen LogP contribution in [0.15, 0.2) is 48.5 Å². The smallest absolute Gasteiger partial charge is 0.250 e. The minimum atomic E-state index is -0.444. The second kappa shape index (κ2) is 6.68. The van der Waals surface area contributed by atoms with E-state index in [2.05, 4.69) is 5.32 Å². The van der Waals surface area contributed by atoms with Crippen LogP contribution in [0.5, 0.6) is 0 Å². The highest BCUT2D eigenvalue weighted by Crippen LogP contribution is 2.18. The van der Waals surface area contributed by atoms with Crippen LogP contribution in [0.25, 0.3) is 0 Å². The molecule has 0 bridgehead atoms. The van der Waals surface area contributed by atoms with Crippen molar-refractivity contribution in [2.24, 2.45) is 0 Å². The summed E-state index contributed by atoms with van der Waals surface area (Å²) >= 11 is 0. The molecular formula is C15H15FN2O2. The fraction of sp³-hybridized carbons (Fsp3) is 0.133. The first-order valence-corrected chi connectivity index (χ1v) is 6.11. The maximum atomic E-state index is 12.9. The number of rotatable bonds is 5. The van der Waals surface area contributed by atoms with E-state index in [1.807, 2.05) is 30.3 Å². The Balaban J connectivity index is 1.81. The van der Waals surface area contributed by atoms with Crippen LogP contribution in [-0.4, -0.2) is 12.5 Å². The molecule has 0 unspecified atom stereocenters. The quantitative estimate of drug-likeness (QED) is 0.824. The van der Waals surface area contributed by atoms with Gasteiger partial charge in [-0.3, -0.25) is 4.79 Å². The summed E-state index contributed by atoms with van der Waals surface area (Å²) in [5, 5.41) is 2.57. The number of carbonyl (C=O) groups excluding carboxylic acids is 1. The molecule has 0 radical (unpaired) electrons. The molecule has 0 fully saturated rings. The van der Waals surface area contributed by atoms with Gasteiger partial charge in [0.25, 0.3) is 0 Å². The number of carbonyl (C=O) groups is 1. The summed E-state index contributed by atoms with van der Waals surface area (Å²) in [6.07, 6.45) is 0. The van der Waals surface area contributed by atoms with Gasteiger partial charge >= 0.3 is 0 Å². The molecule has 4 nitrogen and oxygen atoms in total. The van der Waals surface area contributed by atoms with Crippen LogP contribution in [0.2, 0.25) is 0 Å². The van der Waals surface area contributed by atoms with Crippen molar-refractivity contribution in [2.75, 3.05) is 17.7 Å². The molecule has 2 aromatic rings. The molecule has 2 rings (SSSR count). The van der Waals surface area contributed by atoms with Gasteiger partial charge in [-0.15, -0.1) is 0 Å². The topological polar surface area (TPSA) is 64.3 Å². The van der Waals surface area contributed by atoms with E-state index in [-0.39, 0.29) is 18.2 Å². The number of anilines is 2. The zero-order chi connectivity index (χ0) is 14.4. The number of nitrogens with two attached hydrogens (primary N) is 1. The predicted octanol–water partition coefficient (Wildman–Crippen LogP) is 2.56. The number of benzene rings is 2. The average molecular weight is 274 g/mol. The average Bonchev–Trinajstić information content (AvgIpc) is 2.43. The number of nitrogens with one attached hydrogen (secondary N) is 1. The van der Waals surface area contributed by atoms with Crippen LogP contribution in [0, 0.1) is 5.82 Å². The van der Waals surface area contributed by atoms with Crippen LogP contribution in [0.3, 0.4) is 0 Å². The molecular weight excluding hydrogens is 259 g/mol. The molecule has 0 heterocycles. The summed E-state index contributed by atoms with van der Waals surface area (Å²) in [7, 11) is 0. The van der Waals surface area contributed by atoms with Crippen LogP contribution < -0.4 is 11.1 Å². The van der Waals surface area contributed by atoms with Crippen molar-refractivity contribution in [2.45, 2.75) is 6.61 Å². The van der Waals surface area contributed by atoms with Crippen molar-refractivity contribution in [3.63, 3.8) is 0 Å². The van der Waals surface area contributed by atoms with E-state index in [0.717, 1.165) is 11.6 Å². The first kappa shape index (κ1) is 14.0. The molecule has 0 aromatic heterocycles. The van der Waals surface area contributed by atoms with Gasteiger partial charge in [0.2, 0.25) is 5.91 Å². The second-order valence-electron chi connectivity index (χ2n) is 4.26. The lowest BCUT2D eigenvalue weighted by Crippen LogP contribution is -2.19. The van der Waals surface area contributed by atoms with E-state index in [4.69, 9.17) is 10.5 Å². The standard InChI is InChI=1S/C15H15FN2O2/c16-12-6-7-14(13(17)8-12)18-15(19)10-20-9-11-4-2-1-3-5-11/h1-8H,9-10,17H2,(H,18,19). The van der Waals surface area contributed by atoms with Gasteiger partial charge < -0.3 is 15.8 Å². The predicted molar refractivity (Wildman–Crippen MR) is 75.5 cm³/mol. The summed E-state index contributed by atoms with van der Waals surface area (Å²) in [6, 6.07) is 13.3. The fourth-order valence-corrected chi connectivity index (χ4v) is 1.67. The lowest BCUT2D eigenvalue weighted by Gasteiger charge is -2.08. The van der Waals surface area contributed by atoms with Crippen LogP contribution in [-0.2, 0) is 16.1 Å². The van der Waals surface area contributed by atoms with Crippen LogP contribution >= 0.6 is 0 Å². The lowest BCUT2D eigenvalue weighted by atomic mass is 10.2. The Morgan fingerprint density at radius 1 is 1.20 bits per heavy atom. The van der Waals surface area contributed by atoms with E-state index in [9.17, 15) is 9.18 Å². The molecule has 0 spiro atoms. The molecule has 0 aliphatic heterocycles. The molecule has 1 amide bonds. The molecule has 2 aromatic carbocycles. The number of ether oxygens (including phenoxy) is 1. The molecule has 0 atom stereocenters. The Labute approximate surface area is 116 Å². The molecule has 0 aliphatic rings. The zero-order valence-corrected chi connectivity index (χ0v) is 10.8. The number of amides is 1. The normalized spacial score (nSPS) is 10.2. The zero-order valence-electron chi connectivity index (χ0n) is 10.8. The van der Waals surface area contributed by atoms with Gasteiger partial charge in [-0.2, -0.15) is 0 Å². The molecule has 5 heteroatoms. The lowest BCUT2D eigenvalue weighted by molar-refractivity contribution is -0.121. The highest BCUT2D eigenvalue weighted by molar-refractivity contribution is 5.94. The Hall–Kier alpha value is -2.40. The Morgan fingerprint density at radius 3 is 2.65 bits per heavy atom. The number of nitrogen functional groups attached to an aromatic ring is 1. The molecule has 0 saturated heterocycles. The second-order valence-corrected chi connectivity index (χ2v) is 4.26. The number of hydrogen-bond donors (Lipinski definition) is 2. The summed E-state index contributed by atoms with van der Waals surface area (Å²) in [6.45, 7) is 0.263. The third kappa shape index (κ3) is 4.07. The molecule has 0 aliphatic carbocycles. The highest BCUT2D eigenvalue weighted by Gasteiger charge is 2.06. The van der Waals surface area contributed by atoms with Gasteiger partial charge in [-0.25, -0.2) is 4.39 Å². The SMILES string of the molecule is Nc1cc(F)ccc1NC(=O)COCc1ccccc1. The Kier molecular flexibility index (Phi) is 4.68. The summed E-state index contributed by atoms with van der Waals surface area (Å²) in [4.78, 5) is 11.7.